The van der Waals surface area contributed by atoms with Gasteiger partial charge in [0.1, 0.15) is 22.0 Å². The van der Waals surface area contributed by atoms with Gasteiger partial charge >= 0.3 is 5.97 Å². The van der Waals surface area contributed by atoms with Crippen LogP contribution in [0, 0.1) is 6.92 Å². The van der Waals surface area contributed by atoms with Crippen molar-refractivity contribution in [3.05, 3.63) is 38.6 Å². The second-order valence-electron chi connectivity index (χ2n) is 7.70. The molecule has 10 nitrogen and oxygen atoms in total. The lowest BCUT2D eigenvalue weighted by Crippen LogP contribution is -2.55. The normalized spacial score (nSPS) is 18.5. The van der Waals surface area contributed by atoms with E-state index in [1.54, 1.807) is 38.0 Å². The van der Waals surface area contributed by atoms with E-state index in [0.717, 1.165) is 11.3 Å². The van der Waals surface area contributed by atoms with E-state index in [0.29, 0.717) is 46.7 Å². The van der Waals surface area contributed by atoms with Crippen molar-refractivity contribution in [2.75, 3.05) is 25.1 Å². The second-order valence-corrected chi connectivity index (χ2v) is 9.43. The summed E-state index contributed by atoms with van der Waals surface area (Å²) >= 11 is 13.3. The number of aromatic nitrogens is 4. The number of halogens is 2. The first kappa shape index (κ1) is 23.6. The van der Waals surface area contributed by atoms with Crippen LogP contribution in [0.15, 0.2) is 12.3 Å². The summed E-state index contributed by atoms with van der Waals surface area (Å²) in [7, 11) is 3.33. The number of hydrogen-bond acceptors (Lipinski definition) is 7. The Morgan fingerprint density at radius 3 is 2.70 bits per heavy atom. The molecule has 0 saturated carbocycles. The van der Waals surface area contributed by atoms with Crippen LogP contribution in [0.25, 0.3) is 11.4 Å². The van der Waals surface area contributed by atoms with Gasteiger partial charge in [0.05, 0.1) is 22.2 Å². The van der Waals surface area contributed by atoms with Gasteiger partial charge in [-0.05, 0) is 19.4 Å². The van der Waals surface area contributed by atoms with E-state index in [9.17, 15) is 14.7 Å². The molecule has 176 valence electrons. The minimum absolute atomic E-state index is 0.127. The average Bonchev–Trinajstić information content (AvgIpc) is 3.48. The first-order valence-electron chi connectivity index (χ1n) is 10.1. The Hall–Kier alpha value is -2.60. The molecule has 1 aliphatic rings. The Labute approximate surface area is 203 Å². The van der Waals surface area contributed by atoms with E-state index in [1.165, 1.54) is 0 Å². The lowest BCUT2D eigenvalue weighted by Gasteiger charge is -2.37. The van der Waals surface area contributed by atoms with Crippen molar-refractivity contribution in [2.24, 2.45) is 7.05 Å². The number of hydrogen-bond donors (Lipinski definition) is 3. The number of anilines is 1. The predicted molar refractivity (Wildman–Crippen MR) is 126 cm³/mol. The fraction of sp³-hybridized carbons (Fsp3) is 0.400. The molecule has 0 aromatic carbocycles. The summed E-state index contributed by atoms with van der Waals surface area (Å²) in [5, 5.41) is 18.0. The molecule has 4 rings (SSSR count). The van der Waals surface area contributed by atoms with Gasteiger partial charge in [0.15, 0.2) is 5.13 Å². The number of H-pyrrole nitrogens is 1. The number of carboxylic acids is 1. The van der Waals surface area contributed by atoms with Gasteiger partial charge < -0.3 is 25.0 Å². The monoisotopic (exact) mass is 512 g/mol. The second kappa shape index (κ2) is 9.34. The molecular formula is C20H22Cl2N6O4S. The number of aryl methyl sites for hydroxylation is 2. The molecule has 33 heavy (non-hydrogen) atoms. The molecule has 0 bridgehead atoms. The summed E-state index contributed by atoms with van der Waals surface area (Å²) in [6.45, 7) is 2.71. The number of amides is 1. The molecule has 0 spiro atoms. The number of carboxylic acid groups (broad SMARTS) is 1. The van der Waals surface area contributed by atoms with E-state index < -0.39 is 5.97 Å². The Balaban J connectivity index is 1.51. The molecule has 0 radical (unpaired) electrons. The highest BCUT2D eigenvalue weighted by Crippen LogP contribution is 2.34. The number of nitrogens with one attached hydrogen (secondary N) is 2. The lowest BCUT2D eigenvalue weighted by molar-refractivity contribution is 0.0540. The molecule has 0 unspecified atom stereocenters. The fourth-order valence-electron chi connectivity index (χ4n) is 3.77. The van der Waals surface area contributed by atoms with Crippen LogP contribution in [0.4, 0.5) is 5.13 Å². The van der Waals surface area contributed by atoms with Crippen LogP contribution in [0.2, 0.25) is 10.0 Å². The molecule has 1 saturated heterocycles. The number of thiazole rings is 1. The maximum absolute atomic E-state index is 12.8. The van der Waals surface area contributed by atoms with Crippen molar-refractivity contribution >= 4 is 51.5 Å². The van der Waals surface area contributed by atoms with E-state index in [4.69, 9.17) is 27.9 Å². The average molecular weight is 513 g/mol. The number of nitrogens with zero attached hydrogens (tertiary/aromatic N) is 4. The largest absolute Gasteiger partial charge is 0.477 e. The standard InChI is InChI=1S/C20H22Cl2N6O4S/c1-9-13(21)14(22)16(23-9)18(29)24-10-5-7-28(8-12(10)32-3)20-25-15(17(33-20)19(30)31)11-4-6-27(2)26-11/h4,6,10,12,23H,5,7-8H2,1-3H3,(H,24,29)(H,30,31)/t10-,12+/m1/s1. The maximum Gasteiger partial charge on any atom is 0.348 e. The first-order valence-corrected chi connectivity index (χ1v) is 11.6. The summed E-state index contributed by atoms with van der Waals surface area (Å²) in [5.74, 6) is -1.42. The number of carbonyl (C=O) groups excluding carboxylic acids is 1. The van der Waals surface area contributed by atoms with Gasteiger partial charge in [0.2, 0.25) is 0 Å². The highest BCUT2D eigenvalue weighted by molar-refractivity contribution is 7.17. The molecule has 3 aromatic heterocycles. The number of methoxy groups -OCH3 is 1. The van der Waals surface area contributed by atoms with E-state index >= 15 is 0 Å². The molecule has 0 aliphatic carbocycles. The van der Waals surface area contributed by atoms with Gasteiger partial charge in [0.25, 0.3) is 5.91 Å². The molecule has 13 heteroatoms. The van der Waals surface area contributed by atoms with Crippen molar-refractivity contribution in [1.29, 1.82) is 0 Å². The Bertz CT molecular complexity index is 1210. The molecule has 1 amide bonds. The van der Waals surface area contributed by atoms with Gasteiger partial charge in [-0.1, -0.05) is 34.5 Å². The van der Waals surface area contributed by atoms with Crippen molar-refractivity contribution in [2.45, 2.75) is 25.5 Å². The third-order valence-corrected chi connectivity index (χ3v) is 7.55. The lowest BCUT2D eigenvalue weighted by atomic mass is 10.0. The summed E-state index contributed by atoms with van der Waals surface area (Å²) in [6, 6.07) is 1.45. The van der Waals surface area contributed by atoms with Crippen LogP contribution in [0.3, 0.4) is 0 Å². The minimum Gasteiger partial charge on any atom is -0.477 e. The van der Waals surface area contributed by atoms with Gasteiger partial charge in [-0.2, -0.15) is 5.10 Å². The molecular weight excluding hydrogens is 491 g/mol. The van der Waals surface area contributed by atoms with Crippen LogP contribution in [-0.4, -0.2) is 69.1 Å². The molecule has 1 fully saturated rings. The van der Waals surface area contributed by atoms with E-state index in [1.807, 2.05) is 4.90 Å². The zero-order valence-electron chi connectivity index (χ0n) is 18.1. The van der Waals surface area contributed by atoms with Crippen LogP contribution in [0.5, 0.6) is 0 Å². The number of carbonyl (C=O) groups is 2. The van der Waals surface area contributed by atoms with Crippen molar-refractivity contribution in [3.63, 3.8) is 0 Å². The van der Waals surface area contributed by atoms with Crippen LogP contribution >= 0.6 is 34.5 Å². The zero-order valence-corrected chi connectivity index (χ0v) is 20.4. The quantitative estimate of drug-likeness (QED) is 0.462. The first-order chi connectivity index (χ1) is 15.7. The Morgan fingerprint density at radius 2 is 2.12 bits per heavy atom. The smallest absolute Gasteiger partial charge is 0.348 e. The highest BCUT2D eigenvalue weighted by Gasteiger charge is 2.34. The number of ether oxygens (including phenoxy) is 1. The number of piperidine rings is 1. The summed E-state index contributed by atoms with van der Waals surface area (Å²) in [4.78, 5) is 34.1. The molecule has 1 aliphatic heterocycles. The minimum atomic E-state index is -1.05. The topological polar surface area (TPSA) is 125 Å². The van der Waals surface area contributed by atoms with Crippen LogP contribution in [-0.2, 0) is 11.8 Å². The van der Waals surface area contributed by atoms with Crippen LogP contribution in [0.1, 0.15) is 32.3 Å². The van der Waals surface area contributed by atoms with Crippen molar-refractivity contribution < 1.29 is 19.4 Å². The molecule has 3 N–H and O–H groups in total. The predicted octanol–water partition coefficient (Wildman–Crippen LogP) is 3.21. The molecule has 3 aromatic rings. The highest BCUT2D eigenvalue weighted by atomic mass is 35.5. The zero-order chi connectivity index (χ0) is 23.9. The molecule has 4 heterocycles. The Morgan fingerprint density at radius 1 is 1.36 bits per heavy atom. The van der Waals surface area contributed by atoms with Gasteiger partial charge in [-0.3, -0.25) is 9.48 Å². The number of aromatic amines is 1. The Kier molecular flexibility index (Phi) is 6.66. The van der Waals surface area contributed by atoms with Gasteiger partial charge in [-0.15, -0.1) is 0 Å². The van der Waals surface area contributed by atoms with E-state index in [-0.39, 0.29) is 33.6 Å². The summed E-state index contributed by atoms with van der Waals surface area (Å²) < 4.78 is 7.24. The third kappa shape index (κ3) is 4.58. The maximum atomic E-state index is 12.8. The van der Waals surface area contributed by atoms with Crippen molar-refractivity contribution in [3.8, 4) is 11.4 Å². The van der Waals surface area contributed by atoms with Crippen LogP contribution < -0.4 is 10.2 Å². The van der Waals surface area contributed by atoms with Crippen molar-refractivity contribution in [1.82, 2.24) is 25.1 Å². The summed E-state index contributed by atoms with van der Waals surface area (Å²) in [6.07, 6.45) is 1.96. The van der Waals surface area contributed by atoms with E-state index in [2.05, 4.69) is 20.4 Å². The number of rotatable bonds is 6. The van der Waals surface area contributed by atoms with Gasteiger partial charge in [-0.25, -0.2) is 9.78 Å². The third-order valence-electron chi connectivity index (χ3n) is 5.50. The SMILES string of the molecule is CO[C@H]1CN(c2nc(-c3ccn(C)n3)c(C(=O)O)s2)CC[C@H]1NC(=O)c1[nH]c(C)c(Cl)c1Cl. The fourth-order valence-corrected chi connectivity index (χ4v) is 5.13. The number of aromatic carboxylic acids is 1. The van der Waals surface area contributed by atoms with Gasteiger partial charge in [0, 0.05) is 39.1 Å². The molecule has 2 atom stereocenters. The summed E-state index contributed by atoms with van der Waals surface area (Å²) in [5.41, 5.74) is 1.66.